The number of thiazole rings is 1. The molecular weight excluding hydrogens is 518 g/mol. The van der Waals surface area contributed by atoms with E-state index in [1.807, 2.05) is 62.8 Å². The number of nitrogens with zero attached hydrogens (tertiary/aromatic N) is 9. The van der Waals surface area contributed by atoms with E-state index >= 15 is 0 Å². The van der Waals surface area contributed by atoms with Crippen LogP contribution in [0.2, 0.25) is 0 Å². The van der Waals surface area contributed by atoms with Crippen molar-refractivity contribution in [3.05, 3.63) is 58.9 Å². The zero-order valence-electron chi connectivity index (χ0n) is 24.6. The van der Waals surface area contributed by atoms with Gasteiger partial charge in [-0.25, -0.2) is 19.9 Å². The van der Waals surface area contributed by atoms with E-state index in [1.54, 1.807) is 11.3 Å². The second-order valence-electron chi connectivity index (χ2n) is 10.5. The molecule has 0 aliphatic carbocycles. The maximum Gasteiger partial charge on any atom is 0.185 e. The minimum absolute atomic E-state index is 0.726. The van der Waals surface area contributed by atoms with Gasteiger partial charge < -0.3 is 14.7 Å². The van der Waals surface area contributed by atoms with Crippen LogP contribution in [-0.2, 0) is 13.6 Å². The first-order valence-electron chi connectivity index (χ1n) is 13.5. The van der Waals surface area contributed by atoms with Gasteiger partial charge in [-0.05, 0) is 37.5 Å². The van der Waals surface area contributed by atoms with Gasteiger partial charge in [-0.15, -0.1) is 11.3 Å². The second kappa shape index (κ2) is 11.2. The van der Waals surface area contributed by atoms with Crippen LogP contribution >= 0.6 is 11.3 Å². The zero-order chi connectivity index (χ0) is 28.6. The van der Waals surface area contributed by atoms with E-state index in [0.717, 1.165) is 81.2 Å². The van der Waals surface area contributed by atoms with Gasteiger partial charge in [0.15, 0.2) is 16.5 Å². The summed E-state index contributed by atoms with van der Waals surface area (Å²) >= 11 is 1.66. The normalized spacial score (nSPS) is 11.3. The summed E-state index contributed by atoms with van der Waals surface area (Å²) in [5.74, 6) is 2.51. The Morgan fingerprint density at radius 3 is 2.30 bits per heavy atom. The van der Waals surface area contributed by atoms with Crippen molar-refractivity contribution in [1.82, 2.24) is 29.7 Å². The Hall–Kier alpha value is -4.05. The number of pyridine rings is 1. The van der Waals surface area contributed by atoms with Crippen molar-refractivity contribution in [1.29, 1.82) is 0 Å². The van der Waals surface area contributed by atoms with Crippen LogP contribution in [0.4, 0.5) is 16.8 Å². The molecule has 0 atom stereocenters. The van der Waals surface area contributed by atoms with Gasteiger partial charge in [0.05, 0.1) is 11.4 Å². The monoisotopic (exact) mass is 555 g/mol. The standard InChI is InChI=1S/C30H37N9S/c1-9-14-39(17-21-10-12-22(13-11-21)24-18-40-30(34-24)37(6)7)29-27-26(32-20(3)33-29)28(38(8)35-27)23-16-31-25(36(4)5)15-19(23)2/h10-13,15-16,18H,9,14,17H2,1-8H3. The number of rotatable bonds is 9. The van der Waals surface area contributed by atoms with Gasteiger partial charge in [0.25, 0.3) is 0 Å². The van der Waals surface area contributed by atoms with Crippen molar-refractivity contribution in [2.24, 2.45) is 7.05 Å². The van der Waals surface area contributed by atoms with Crippen LogP contribution < -0.4 is 14.7 Å². The molecule has 4 heterocycles. The summed E-state index contributed by atoms with van der Waals surface area (Å²) in [6.45, 7) is 7.84. The van der Waals surface area contributed by atoms with Crippen LogP contribution in [0.25, 0.3) is 33.5 Å². The highest BCUT2D eigenvalue weighted by Gasteiger charge is 2.22. The largest absolute Gasteiger partial charge is 0.363 e. The molecule has 1 aromatic carbocycles. The van der Waals surface area contributed by atoms with E-state index in [1.165, 1.54) is 5.56 Å². The molecule has 40 heavy (non-hydrogen) atoms. The van der Waals surface area contributed by atoms with Crippen molar-refractivity contribution in [3.63, 3.8) is 0 Å². The molecule has 0 amide bonds. The number of aryl methyl sites for hydroxylation is 3. The van der Waals surface area contributed by atoms with Gasteiger partial charge in [-0.2, -0.15) is 5.10 Å². The summed E-state index contributed by atoms with van der Waals surface area (Å²) in [5, 5.41) is 8.06. The van der Waals surface area contributed by atoms with E-state index in [0.29, 0.717) is 0 Å². The van der Waals surface area contributed by atoms with Crippen molar-refractivity contribution in [3.8, 4) is 22.5 Å². The number of benzene rings is 1. The predicted octanol–water partition coefficient (Wildman–Crippen LogP) is 5.71. The molecule has 0 fully saturated rings. The lowest BCUT2D eigenvalue weighted by molar-refractivity contribution is 0.748. The number of aromatic nitrogens is 6. The molecule has 0 saturated heterocycles. The minimum atomic E-state index is 0.726. The topological polar surface area (TPSA) is 79.1 Å². The van der Waals surface area contributed by atoms with Crippen molar-refractivity contribution < 1.29 is 0 Å². The lowest BCUT2D eigenvalue weighted by Gasteiger charge is -2.24. The molecule has 0 spiro atoms. The lowest BCUT2D eigenvalue weighted by atomic mass is 10.1. The quantitative estimate of drug-likeness (QED) is 0.229. The van der Waals surface area contributed by atoms with Gasteiger partial charge in [0.2, 0.25) is 0 Å². The molecule has 0 aliphatic rings. The van der Waals surface area contributed by atoms with Gasteiger partial charge in [0.1, 0.15) is 17.2 Å². The second-order valence-corrected chi connectivity index (χ2v) is 11.4. The first-order chi connectivity index (χ1) is 19.2. The summed E-state index contributed by atoms with van der Waals surface area (Å²) < 4.78 is 1.91. The van der Waals surface area contributed by atoms with Crippen molar-refractivity contribution in [2.45, 2.75) is 33.7 Å². The number of fused-ring (bicyclic) bond motifs is 1. The minimum Gasteiger partial charge on any atom is -0.363 e. The highest BCUT2D eigenvalue weighted by Crippen LogP contribution is 2.34. The molecular formula is C30H37N9S. The van der Waals surface area contributed by atoms with Crippen LogP contribution in [0.5, 0.6) is 0 Å². The fourth-order valence-corrected chi connectivity index (χ4v) is 5.62. The Bertz CT molecular complexity index is 1630. The molecule has 0 saturated carbocycles. The van der Waals surface area contributed by atoms with Crippen molar-refractivity contribution in [2.75, 3.05) is 49.4 Å². The van der Waals surface area contributed by atoms with Crippen molar-refractivity contribution >= 4 is 39.1 Å². The lowest BCUT2D eigenvalue weighted by Crippen LogP contribution is -2.25. The molecule has 208 valence electrons. The fourth-order valence-electron chi connectivity index (χ4n) is 4.85. The summed E-state index contributed by atoms with van der Waals surface area (Å²) in [4.78, 5) is 25.6. The molecule has 10 heteroatoms. The van der Waals surface area contributed by atoms with Crippen LogP contribution in [0.15, 0.2) is 41.9 Å². The molecule has 4 aromatic heterocycles. The number of hydrogen-bond acceptors (Lipinski definition) is 9. The molecule has 5 rings (SSSR count). The molecule has 0 bridgehead atoms. The molecule has 5 aromatic rings. The Morgan fingerprint density at radius 2 is 1.68 bits per heavy atom. The summed E-state index contributed by atoms with van der Waals surface area (Å²) in [5.41, 5.74) is 8.10. The van der Waals surface area contributed by atoms with E-state index in [4.69, 9.17) is 20.1 Å². The van der Waals surface area contributed by atoms with Crippen LogP contribution in [0.3, 0.4) is 0 Å². The third-order valence-electron chi connectivity index (χ3n) is 6.88. The highest BCUT2D eigenvalue weighted by atomic mass is 32.1. The molecule has 0 N–H and O–H groups in total. The Balaban J connectivity index is 1.51. The maximum atomic E-state index is 4.94. The maximum absolute atomic E-state index is 4.94. The molecule has 9 nitrogen and oxygen atoms in total. The first kappa shape index (κ1) is 27.5. The number of anilines is 3. The highest BCUT2D eigenvalue weighted by molar-refractivity contribution is 7.14. The Kier molecular flexibility index (Phi) is 7.71. The van der Waals surface area contributed by atoms with Crippen LogP contribution in [0.1, 0.15) is 30.3 Å². The summed E-state index contributed by atoms with van der Waals surface area (Å²) in [7, 11) is 10.0. The van der Waals surface area contributed by atoms with E-state index in [9.17, 15) is 0 Å². The third kappa shape index (κ3) is 5.36. The Morgan fingerprint density at radius 1 is 0.925 bits per heavy atom. The molecule has 0 unspecified atom stereocenters. The average Bonchev–Trinajstić information content (AvgIpc) is 3.53. The SMILES string of the molecule is CCCN(Cc1ccc(-c2csc(N(C)C)n2)cc1)c1nc(C)nc2c(-c3cnc(N(C)C)cc3C)n(C)nc12. The van der Waals surface area contributed by atoms with E-state index in [-0.39, 0.29) is 0 Å². The van der Waals surface area contributed by atoms with Gasteiger partial charge in [-0.3, -0.25) is 4.68 Å². The predicted molar refractivity (Wildman–Crippen MR) is 167 cm³/mol. The van der Waals surface area contributed by atoms with Gasteiger partial charge in [0, 0.05) is 71.0 Å². The van der Waals surface area contributed by atoms with E-state index in [2.05, 4.69) is 59.4 Å². The zero-order valence-corrected chi connectivity index (χ0v) is 25.4. The average molecular weight is 556 g/mol. The number of hydrogen-bond donors (Lipinski definition) is 0. The fraction of sp³-hybridized carbons (Fsp3) is 0.367. The summed E-state index contributed by atoms with van der Waals surface area (Å²) in [6.07, 6.45) is 2.91. The van der Waals surface area contributed by atoms with Gasteiger partial charge in [-0.1, -0.05) is 31.2 Å². The van der Waals surface area contributed by atoms with Crippen LogP contribution in [0, 0.1) is 13.8 Å². The Labute approximate surface area is 240 Å². The van der Waals surface area contributed by atoms with E-state index < -0.39 is 0 Å². The third-order valence-corrected chi connectivity index (χ3v) is 7.88. The smallest absolute Gasteiger partial charge is 0.185 e. The van der Waals surface area contributed by atoms with Crippen LogP contribution in [-0.4, -0.2) is 64.5 Å². The van der Waals surface area contributed by atoms with Gasteiger partial charge >= 0.3 is 0 Å². The first-order valence-corrected chi connectivity index (χ1v) is 14.4. The molecule has 0 aliphatic heterocycles. The summed E-state index contributed by atoms with van der Waals surface area (Å²) in [6, 6.07) is 10.8. The molecule has 0 radical (unpaired) electrons.